The highest BCUT2D eigenvalue weighted by molar-refractivity contribution is 5.84. The predicted molar refractivity (Wildman–Crippen MR) is 60.0 cm³/mol. The van der Waals surface area contributed by atoms with Crippen LogP contribution in [0.15, 0.2) is 18.6 Å². The van der Waals surface area contributed by atoms with Crippen molar-refractivity contribution in [3.05, 3.63) is 24.3 Å². The van der Waals surface area contributed by atoms with Gasteiger partial charge in [-0.05, 0) is 0 Å². The minimum atomic E-state index is -1.14. The lowest BCUT2D eigenvalue weighted by molar-refractivity contribution is -0.121. The summed E-state index contributed by atoms with van der Waals surface area (Å²) in [5.74, 6) is -1.36. The summed E-state index contributed by atoms with van der Waals surface area (Å²) < 4.78 is 2.74. The Morgan fingerprint density at radius 2 is 2.16 bits per heavy atom. The minimum absolute atomic E-state index is 0.0811. The van der Waals surface area contributed by atoms with Crippen LogP contribution in [-0.2, 0) is 17.9 Å². The van der Waals surface area contributed by atoms with Gasteiger partial charge in [0.15, 0.2) is 5.69 Å². The number of hydrogen-bond acceptors (Lipinski definition) is 6. The quantitative estimate of drug-likeness (QED) is 0.642. The first-order chi connectivity index (χ1) is 9.15. The van der Waals surface area contributed by atoms with Crippen molar-refractivity contribution in [3.63, 3.8) is 0 Å². The number of carbonyl (C=O) groups is 2. The lowest BCUT2D eigenvalue weighted by Crippen LogP contribution is -2.30. The Morgan fingerprint density at radius 3 is 2.79 bits per heavy atom. The number of carbonyl (C=O) groups excluding carboxylic acids is 1. The Labute approximate surface area is 107 Å². The molecule has 0 aromatic carbocycles. The highest BCUT2D eigenvalue weighted by Gasteiger charge is 2.08. The molecule has 100 valence electrons. The molecule has 0 spiro atoms. The number of carboxylic acids is 1. The lowest BCUT2D eigenvalue weighted by Gasteiger charge is -2.04. The van der Waals surface area contributed by atoms with Gasteiger partial charge < -0.3 is 10.4 Å². The highest BCUT2D eigenvalue weighted by atomic mass is 16.4. The molecule has 10 nitrogen and oxygen atoms in total. The van der Waals surface area contributed by atoms with Gasteiger partial charge in [0, 0.05) is 12.7 Å². The normalized spacial score (nSPS) is 10.3. The van der Waals surface area contributed by atoms with Crippen LogP contribution in [0.5, 0.6) is 0 Å². The van der Waals surface area contributed by atoms with Gasteiger partial charge in [0.25, 0.3) is 0 Å². The third-order valence-corrected chi connectivity index (χ3v) is 2.20. The molecule has 0 radical (unpaired) electrons. The Kier molecular flexibility index (Phi) is 3.81. The lowest BCUT2D eigenvalue weighted by atomic mass is 10.5. The third-order valence-electron chi connectivity index (χ3n) is 2.20. The second kappa shape index (κ2) is 5.71. The predicted octanol–water partition coefficient (Wildman–Crippen LogP) is -1.62. The van der Waals surface area contributed by atoms with Crippen molar-refractivity contribution in [2.75, 3.05) is 6.54 Å². The van der Waals surface area contributed by atoms with E-state index in [1.165, 1.54) is 21.8 Å². The van der Waals surface area contributed by atoms with Crippen molar-refractivity contribution < 1.29 is 14.7 Å². The van der Waals surface area contributed by atoms with Crippen LogP contribution in [0, 0.1) is 0 Å². The zero-order valence-corrected chi connectivity index (χ0v) is 9.80. The van der Waals surface area contributed by atoms with Crippen LogP contribution in [0.1, 0.15) is 10.5 Å². The summed E-state index contributed by atoms with van der Waals surface area (Å²) in [5, 5.41) is 25.6. The van der Waals surface area contributed by atoms with Crippen LogP contribution in [0.4, 0.5) is 0 Å². The fraction of sp³-hybridized carbons (Fsp3) is 0.333. The summed E-state index contributed by atoms with van der Waals surface area (Å²) in [6, 6.07) is 0. The number of nitrogens with one attached hydrogen (secondary N) is 1. The van der Waals surface area contributed by atoms with Crippen molar-refractivity contribution in [1.82, 2.24) is 35.3 Å². The summed E-state index contributed by atoms with van der Waals surface area (Å²) in [6.45, 7) is 0.733. The maximum atomic E-state index is 11.5. The van der Waals surface area contributed by atoms with Gasteiger partial charge in [-0.1, -0.05) is 10.4 Å². The molecular weight excluding hydrogens is 254 g/mol. The van der Waals surface area contributed by atoms with E-state index in [0.29, 0.717) is 13.1 Å². The van der Waals surface area contributed by atoms with Crippen LogP contribution in [0.2, 0.25) is 0 Å². The van der Waals surface area contributed by atoms with Crippen LogP contribution >= 0.6 is 0 Å². The Bertz CT molecular complexity index is 562. The number of carboxylic acid groups (broad SMARTS) is 1. The van der Waals surface area contributed by atoms with Crippen molar-refractivity contribution in [2.24, 2.45) is 0 Å². The zero-order chi connectivity index (χ0) is 13.7. The smallest absolute Gasteiger partial charge is 0.358 e. The standard InChI is InChI=1S/C9H11N7O3/c17-8(6-16-4-2-11-13-16)10-1-3-15-5-7(9(18)19)12-14-15/h2,4-5H,1,3,6H2,(H,10,17)(H,18,19). The average Bonchev–Trinajstić information content (AvgIpc) is 3.00. The molecule has 2 heterocycles. The molecule has 2 aromatic rings. The molecule has 0 saturated heterocycles. The first-order valence-electron chi connectivity index (χ1n) is 5.39. The van der Waals surface area contributed by atoms with E-state index in [4.69, 9.17) is 5.11 Å². The molecule has 2 aromatic heterocycles. The molecule has 0 bridgehead atoms. The number of nitrogens with zero attached hydrogens (tertiary/aromatic N) is 6. The maximum absolute atomic E-state index is 11.5. The van der Waals surface area contributed by atoms with E-state index < -0.39 is 5.97 Å². The molecule has 19 heavy (non-hydrogen) atoms. The van der Waals surface area contributed by atoms with Crippen LogP contribution in [-0.4, -0.2) is 53.5 Å². The zero-order valence-electron chi connectivity index (χ0n) is 9.80. The first-order valence-corrected chi connectivity index (χ1v) is 5.39. The average molecular weight is 265 g/mol. The molecule has 0 aliphatic carbocycles. The van der Waals surface area contributed by atoms with Crippen molar-refractivity contribution >= 4 is 11.9 Å². The van der Waals surface area contributed by atoms with E-state index in [9.17, 15) is 9.59 Å². The van der Waals surface area contributed by atoms with Gasteiger partial charge in [0.05, 0.1) is 18.9 Å². The number of aromatic nitrogens is 6. The monoisotopic (exact) mass is 265 g/mol. The molecule has 2 N–H and O–H groups in total. The summed E-state index contributed by atoms with van der Waals surface area (Å²) in [5.41, 5.74) is -0.131. The van der Waals surface area contributed by atoms with Crippen molar-refractivity contribution in [2.45, 2.75) is 13.1 Å². The third kappa shape index (κ3) is 3.59. The molecule has 10 heteroatoms. The Morgan fingerprint density at radius 1 is 1.32 bits per heavy atom. The molecule has 2 rings (SSSR count). The summed E-state index contributed by atoms with van der Waals surface area (Å²) in [4.78, 5) is 22.0. The summed E-state index contributed by atoms with van der Waals surface area (Å²) >= 11 is 0. The van der Waals surface area contributed by atoms with E-state index >= 15 is 0 Å². The highest BCUT2D eigenvalue weighted by Crippen LogP contribution is 1.91. The number of rotatable bonds is 6. The fourth-order valence-electron chi connectivity index (χ4n) is 1.34. The number of hydrogen-bond donors (Lipinski definition) is 2. The van der Waals surface area contributed by atoms with E-state index in [-0.39, 0.29) is 18.1 Å². The molecule has 0 aliphatic rings. The fourth-order valence-corrected chi connectivity index (χ4v) is 1.34. The number of amides is 1. The van der Waals surface area contributed by atoms with Crippen LogP contribution < -0.4 is 5.32 Å². The van der Waals surface area contributed by atoms with Gasteiger partial charge in [0.2, 0.25) is 5.91 Å². The topological polar surface area (TPSA) is 128 Å². The second-order valence-corrected chi connectivity index (χ2v) is 3.62. The van der Waals surface area contributed by atoms with Crippen LogP contribution in [0.25, 0.3) is 0 Å². The Hall–Kier alpha value is -2.78. The van der Waals surface area contributed by atoms with E-state index in [0.717, 1.165) is 0 Å². The van der Waals surface area contributed by atoms with E-state index in [1.807, 2.05) is 0 Å². The SMILES string of the molecule is O=C(Cn1ccnn1)NCCn1cc(C(=O)O)nn1. The second-order valence-electron chi connectivity index (χ2n) is 3.62. The largest absolute Gasteiger partial charge is 0.476 e. The molecule has 1 amide bonds. The molecule has 0 fully saturated rings. The minimum Gasteiger partial charge on any atom is -0.476 e. The van der Waals surface area contributed by atoms with Crippen LogP contribution in [0.3, 0.4) is 0 Å². The molecule has 0 saturated carbocycles. The first kappa shape index (κ1) is 12.7. The van der Waals surface area contributed by atoms with Crippen molar-refractivity contribution in [3.8, 4) is 0 Å². The number of aromatic carboxylic acids is 1. The van der Waals surface area contributed by atoms with Gasteiger partial charge in [-0.3, -0.25) is 4.79 Å². The van der Waals surface area contributed by atoms with Gasteiger partial charge in [-0.25, -0.2) is 14.2 Å². The van der Waals surface area contributed by atoms with Gasteiger partial charge >= 0.3 is 5.97 Å². The Balaban J connectivity index is 1.73. The van der Waals surface area contributed by atoms with Crippen molar-refractivity contribution in [1.29, 1.82) is 0 Å². The van der Waals surface area contributed by atoms with Gasteiger partial charge in [0.1, 0.15) is 6.54 Å². The molecule has 0 aliphatic heterocycles. The molecule has 0 unspecified atom stereocenters. The van der Waals surface area contributed by atoms with Gasteiger partial charge in [-0.2, -0.15) is 0 Å². The molecular formula is C9H11N7O3. The van der Waals surface area contributed by atoms with E-state index in [2.05, 4.69) is 25.9 Å². The van der Waals surface area contributed by atoms with E-state index in [1.54, 1.807) is 6.20 Å². The summed E-state index contributed by atoms with van der Waals surface area (Å²) in [6.07, 6.45) is 4.36. The summed E-state index contributed by atoms with van der Waals surface area (Å²) in [7, 11) is 0. The molecule has 0 atom stereocenters. The maximum Gasteiger partial charge on any atom is 0.358 e. The van der Waals surface area contributed by atoms with Gasteiger partial charge in [-0.15, -0.1) is 10.2 Å².